The van der Waals surface area contributed by atoms with E-state index in [1.807, 2.05) is 23.2 Å². The van der Waals surface area contributed by atoms with E-state index in [-0.39, 0.29) is 0 Å². The molecule has 0 radical (unpaired) electrons. The van der Waals surface area contributed by atoms with Crippen molar-refractivity contribution in [1.29, 1.82) is 0 Å². The van der Waals surface area contributed by atoms with Crippen LogP contribution in [-0.4, -0.2) is 20.6 Å². The van der Waals surface area contributed by atoms with Crippen LogP contribution in [0.25, 0.3) is 0 Å². The highest BCUT2D eigenvalue weighted by Gasteiger charge is 1.83. The molecular formula is C9H14N2O2. The lowest BCUT2D eigenvalue weighted by Gasteiger charge is -1.94. The summed E-state index contributed by atoms with van der Waals surface area (Å²) in [6.45, 7) is 5.70. The predicted octanol–water partition coefficient (Wildman–Crippen LogP) is 1.55. The third-order valence-electron chi connectivity index (χ3n) is 1.15. The second-order valence-corrected chi connectivity index (χ2v) is 2.40. The molecule has 13 heavy (non-hydrogen) atoms. The maximum absolute atomic E-state index is 9.00. The van der Waals surface area contributed by atoms with E-state index in [9.17, 15) is 0 Å². The SMILES string of the molecule is C=CCCn1ccnc1.CC(=O)O. The molecule has 0 aliphatic carbocycles. The van der Waals surface area contributed by atoms with Gasteiger partial charge in [-0.15, -0.1) is 6.58 Å². The lowest BCUT2D eigenvalue weighted by Crippen LogP contribution is -1.90. The highest BCUT2D eigenvalue weighted by molar-refractivity contribution is 5.62. The van der Waals surface area contributed by atoms with Crippen LogP contribution in [0.1, 0.15) is 13.3 Å². The van der Waals surface area contributed by atoms with Gasteiger partial charge in [-0.05, 0) is 6.42 Å². The molecule has 0 aliphatic heterocycles. The molecule has 4 nitrogen and oxygen atoms in total. The van der Waals surface area contributed by atoms with Gasteiger partial charge in [-0.3, -0.25) is 4.79 Å². The first kappa shape index (κ1) is 11.4. The van der Waals surface area contributed by atoms with Gasteiger partial charge in [0.05, 0.1) is 6.33 Å². The third kappa shape index (κ3) is 8.33. The number of hydrogen-bond donors (Lipinski definition) is 1. The molecule has 0 spiro atoms. The number of carboxylic acid groups (broad SMARTS) is 1. The van der Waals surface area contributed by atoms with E-state index in [1.54, 1.807) is 6.20 Å². The standard InChI is InChI=1S/C7H10N2.C2H4O2/c1-2-3-5-9-6-4-8-7-9;1-2(3)4/h2,4,6-7H,1,3,5H2;1H3,(H,3,4). The van der Waals surface area contributed by atoms with Crippen molar-refractivity contribution in [1.82, 2.24) is 9.55 Å². The Morgan fingerprint density at radius 1 is 1.77 bits per heavy atom. The number of carboxylic acids is 1. The lowest BCUT2D eigenvalue weighted by molar-refractivity contribution is -0.134. The van der Waals surface area contributed by atoms with Gasteiger partial charge in [-0.1, -0.05) is 6.08 Å². The Morgan fingerprint density at radius 2 is 2.38 bits per heavy atom. The van der Waals surface area contributed by atoms with Gasteiger partial charge in [-0.25, -0.2) is 4.98 Å². The summed E-state index contributed by atoms with van der Waals surface area (Å²) in [5, 5.41) is 7.42. The molecule has 1 N–H and O–H groups in total. The number of allylic oxidation sites excluding steroid dienone is 1. The second-order valence-electron chi connectivity index (χ2n) is 2.40. The summed E-state index contributed by atoms with van der Waals surface area (Å²) in [5.74, 6) is -0.833. The number of aromatic nitrogens is 2. The highest BCUT2D eigenvalue weighted by atomic mass is 16.4. The summed E-state index contributed by atoms with van der Waals surface area (Å²) < 4.78 is 2.03. The lowest BCUT2D eigenvalue weighted by atomic mass is 10.4. The number of rotatable bonds is 3. The minimum absolute atomic E-state index is 0.833. The average molecular weight is 182 g/mol. The van der Waals surface area contributed by atoms with Gasteiger partial charge in [0.15, 0.2) is 0 Å². The molecule has 1 heterocycles. The zero-order valence-electron chi connectivity index (χ0n) is 7.68. The van der Waals surface area contributed by atoms with Gasteiger partial charge < -0.3 is 9.67 Å². The Hall–Kier alpha value is -1.58. The molecule has 1 aromatic rings. The Kier molecular flexibility index (Phi) is 6.23. The summed E-state index contributed by atoms with van der Waals surface area (Å²) >= 11 is 0. The van der Waals surface area contributed by atoms with Gasteiger partial charge >= 0.3 is 0 Å². The first-order valence-corrected chi connectivity index (χ1v) is 3.93. The number of imidazole rings is 1. The topological polar surface area (TPSA) is 55.1 Å². The Labute approximate surface area is 77.5 Å². The van der Waals surface area contributed by atoms with Gasteiger partial charge in [0.25, 0.3) is 5.97 Å². The van der Waals surface area contributed by atoms with Gasteiger partial charge in [0.1, 0.15) is 0 Å². The van der Waals surface area contributed by atoms with Crippen LogP contribution < -0.4 is 0 Å². The monoisotopic (exact) mass is 182 g/mol. The van der Waals surface area contributed by atoms with Crippen molar-refractivity contribution in [2.75, 3.05) is 0 Å². The Balaban J connectivity index is 0.000000310. The summed E-state index contributed by atoms with van der Waals surface area (Å²) in [6, 6.07) is 0. The Bertz CT molecular complexity index is 238. The molecule has 1 aromatic heterocycles. The molecule has 0 bridgehead atoms. The van der Waals surface area contributed by atoms with Crippen LogP contribution in [0, 0.1) is 0 Å². The number of carbonyl (C=O) groups is 1. The molecule has 0 atom stereocenters. The van der Waals surface area contributed by atoms with Crippen molar-refractivity contribution in [3.8, 4) is 0 Å². The van der Waals surface area contributed by atoms with E-state index in [0.717, 1.165) is 19.9 Å². The number of aliphatic carboxylic acids is 1. The largest absolute Gasteiger partial charge is 0.481 e. The average Bonchev–Trinajstić information content (AvgIpc) is 2.51. The molecule has 0 unspecified atom stereocenters. The number of aryl methyl sites for hydroxylation is 1. The van der Waals surface area contributed by atoms with Crippen molar-refractivity contribution >= 4 is 5.97 Å². The first-order valence-electron chi connectivity index (χ1n) is 3.93. The number of nitrogens with zero attached hydrogens (tertiary/aromatic N) is 2. The van der Waals surface area contributed by atoms with Crippen LogP contribution in [0.15, 0.2) is 31.4 Å². The van der Waals surface area contributed by atoms with E-state index >= 15 is 0 Å². The fourth-order valence-electron chi connectivity index (χ4n) is 0.659. The van der Waals surface area contributed by atoms with Crippen LogP contribution in [0.4, 0.5) is 0 Å². The van der Waals surface area contributed by atoms with E-state index in [1.165, 1.54) is 0 Å². The second kappa shape index (κ2) is 7.09. The molecule has 0 saturated carbocycles. The normalized spacial score (nSPS) is 8.38. The van der Waals surface area contributed by atoms with E-state index in [4.69, 9.17) is 9.90 Å². The van der Waals surface area contributed by atoms with Gasteiger partial charge in [0.2, 0.25) is 0 Å². The fraction of sp³-hybridized carbons (Fsp3) is 0.333. The van der Waals surface area contributed by atoms with Crippen LogP contribution >= 0.6 is 0 Å². The molecule has 0 amide bonds. The molecule has 0 saturated heterocycles. The zero-order chi connectivity index (χ0) is 10.1. The zero-order valence-corrected chi connectivity index (χ0v) is 7.68. The Morgan fingerprint density at radius 3 is 2.77 bits per heavy atom. The number of hydrogen-bond acceptors (Lipinski definition) is 2. The van der Waals surface area contributed by atoms with Crippen molar-refractivity contribution in [3.05, 3.63) is 31.4 Å². The fourth-order valence-corrected chi connectivity index (χ4v) is 0.659. The molecule has 0 aromatic carbocycles. The van der Waals surface area contributed by atoms with Crippen LogP contribution in [0.3, 0.4) is 0 Å². The van der Waals surface area contributed by atoms with Crippen LogP contribution in [0.2, 0.25) is 0 Å². The smallest absolute Gasteiger partial charge is 0.300 e. The summed E-state index contributed by atoms with van der Waals surface area (Å²) in [4.78, 5) is 12.9. The van der Waals surface area contributed by atoms with Gasteiger partial charge in [-0.2, -0.15) is 0 Å². The minimum Gasteiger partial charge on any atom is -0.481 e. The summed E-state index contributed by atoms with van der Waals surface area (Å²) in [5.41, 5.74) is 0. The summed E-state index contributed by atoms with van der Waals surface area (Å²) in [7, 11) is 0. The maximum atomic E-state index is 9.00. The molecule has 0 aliphatic rings. The molecule has 1 rings (SSSR count). The molecule has 4 heteroatoms. The predicted molar refractivity (Wildman–Crippen MR) is 50.4 cm³/mol. The maximum Gasteiger partial charge on any atom is 0.300 e. The highest BCUT2D eigenvalue weighted by Crippen LogP contribution is 1.89. The minimum atomic E-state index is -0.833. The van der Waals surface area contributed by atoms with Crippen LogP contribution in [0.5, 0.6) is 0 Å². The molecule has 0 fully saturated rings. The van der Waals surface area contributed by atoms with Crippen molar-refractivity contribution in [2.24, 2.45) is 0 Å². The van der Waals surface area contributed by atoms with E-state index in [0.29, 0.717) is 0 Å². The first-order chi connectivity index (χ1) is 6.16. The summed E-state index contributed by atoms with van der Waals surface area (Å²) in [6.07, 6.45) is 8.45. The van der Waals surface area contributed by atoms with E-state index in [2.05, 4.69) is 11.6 Å². The molecule has 72 valence electrons. The van der Waals surface area contributed by atoms with Gasteiger partial charge in [0, 0.05) is 25.9 Å². The van der Waals surface area contributed by atoms with Crippen LogP contribution in [-0.2, 0) is 11.3 Å². The van der Waals surface area contributed by atoms with Crippen molar-refractivity contribution in [3.63, 3.8) is 0 Å². The van der Waals surface area contributed by atoms with E-state index < -0.39 is 5.97 Å². The van der Waals surface area contributed by atoms with Crippen molar-refractivity contribution in [2.45, 2.75) is 19.9 Å². The third-order valence-corrected chi connectivity index (χ3v) is 1.15. The quantitative estimate of drug-likeness (QED) is 0.721. The van der Waals surface area contributed by atoms with Crippen molar-refractivity contribution < 1.29 is 9.90 Å². The molecular weight excluding hydrogens is 168 g/mol.